The van der Waals surface area contributed by atoms with Crippen LogP contribution in [0.4, 0.5) is 4.79 Å². The Hall–Kier alpha value is -2.35. The van der Waals surface area contributed by atoms with E-state index in [1.807, 2.05) is 32.9 Å². The van der Waals surface area contributed by atoms with Gasteiger partial charge in [-0.25, -0.2) is 22.3 Å². The number of carbonyl (C=O) groups is 2. The number of urea groups is 1. The van der Waals surface area contributed by atoms with Crippen molar-refractivity contribution in [2.24, 2.45) is 5.92 Å². The molecule has 3 atom stereocenters. The normalized spacial score (nSPS) is 21.7. The van der Waals surface area contributed by atoms with Gasteiger partial charge in [0.1, 0.15) is 0 Å². The molecule has 2 rings (SSSR count). The van der Waals surface area contributed by atoms with Crippen LogP contribution in [-0.4, -0.2) is 55.9 Å². The SMILES string of the molecule is C/C=C/C[C@@H](C)[C@@H]1[C@@H](C(=O)OC)N(C)C(=O)N1S(=O)(=O)c1ccc(C)cc1. The Morgan fingerprint density at radius 1 is 1.30 bits per heavy atom. The Morgan fingerprint density at radius 3 is 2.41 bits per heavy atom. The van der Waals surface area contributed by atoms with E-state index in [9.17, 15) is 18.0 Å². The van der Waals surface area contributed by atoms with Gasteiger partial charge in [-0.1, -0.05) is 36.8 Å². The predicted molar refractivity (Wildman–Crippen MR) is 102 cm³/mol. The molecule has 0 N–H and O–H groups in total. The summed E-state index contributed by atoms with van der Waals surface area (Å²) in [5.74, 6) is -0.913. The average Bonchev–Trinajstić information content (AvgIpc) is 2.91. The third-order valence-corrected chi connectivity index (χ3v) is 6.63. The number of likely N-dealkylation sites (N-methyl/N-ethyl adjacent to an activating group) is 1. The fourth-order valence-corrected chi connectivity index (χ4v) is 4.98. The van der Waals surface area contributed by atoms with Crippen LogP contribution < -0.4 is 0 Å². The van der Waals surface area contributed by atoms with Crippen LogP contribution in [0, 0.1) is 12.8 Å². The summed E-state index contributed by atoms with van der Waals surface area (Å²) in [6.45, 7) is 5.53. The molecular weight excluding hydrogens is 368 g/mol. The van der Waals surface area contributed by atoms with Gasteiger partial charge >= 0.3 is 12.0 Å². The van der Waals surface area contributed by atoms with E-state index in [2.05, 4.69) is 0 Å². The number of amides is 2. The maximum absolute atomic E-state index is 13.3. The molecule has 0 spiro atoms. The van der Waals surface area contributed by atoms with Crippen molar-refractivity contribution in [3.05, 3.63) is 42.0 Å². The van der Waals surface area contributed by atoms with E-state index < -0.39 is 34.1 Å². The highest BCUT2D eigenvalue weighted by Crippen LogP contribution is 2.34. The van der Waals surface area contributed by atoms with Crippen molar-refractivity contribution in [1.29, 1.82) is 0 Å². The molecule has 1 saturated heterocycles. The molecule has 1 aromatic rings. The van der Waals surface area contributed by atoms with Crippen LogP contribution in [0.5, 0.6) is 0 Å². The number of benzene rings is 1. The van der Waals surface area contributed by atoms with E-state index in [0.29, 0.717) is 6.42 Å². The summed E-state index contributed by atoms with van der Waals surface area (Å²) >= 11 is 0. The molecule has 1 aliphatic heterocycles. The van der Waals surface area contributed by atoms with Crippen LogP contribution in [0.2, 0.25) is 0 Å². The molecule has 27 heavy (non-hydrogen) atoms. The number of sulfonamides is 1. The molecule has 0 aliphatic carbocycles. The smallest absolute Gasteiger partial charge is 0.334 e. The fraction of sp³-hybridized carbons (Fsp3) is 0.474. The molecule has 7 nitrogen and oxygen atoms in total. The summed E-state index contributed by atoms with van der Waals surface area (Å²) in [5.41, 5.74) is 0.907. The summed E-state index contributed by atoms with van der Waals surface area (Å²) < 4.78 is 32.2. The second kappa shape index (κ2) is 8.12. The van der Waals surface area contributed by atoms with Crippen molar-refractivity contribution < 1.29 is 22.7 Å². The number of methoxy groups -OCH3 is 1. The maximum Gasteiger partial charge on any atom is 0.334 e. The molecule has 0 unspecified atom stereocenters. The highest BCUT2D eigenvalue weighted by Gasteiger charge is 2.55. The fourth-order valence-electron chi connectivity index (χ4n) is 3.30. The van der Waals surface area contributed by atoms with Crippen LogP contribution in [0.15, 0.2) is 41.3 Å². The minimum atomic E-state index is -4.12. The van der Waals surface area contributed by atoms with E-state index in [1.54, 1.807) is 12.1 Å². The van der Waals surface area contributed by atoms with Crippen LogP contribution >= 0.6 is 0 Å². The lowest BCUT2D eigenvalue weighted by molar-refractivity contribution is -0.146. The molecule has 0 radical (unpaired) electrons. The lowest BCUT2D eigenvalue weighted by Gasteiger charge is -2.29. The first-order chi connectivity index (χ1) is 12.7. The molecular formula is C19H26N2O5S. The Balaban J connectivity index is 2.57. The largest absolute Gasteiger partial charge is 0.467 e. The zero-order chi connectivity index (χ0) is 20.4. The lowest BCUT2D eigenvalue weighted by atomic mass is 9.92. The van der Waals surface area contributed by atoms with Gasteiger partial charge in [0.2, 0.25) is 0 Å². The summed E-state index contributed by atoms with van der Waals surface area (Å²) in [5, 5.41) is 0. The quantitative estimate of drug-likeness (QED) is 0.547. The molecule has 0 bridgehead atoms. The van der Waals surface area contributed by atoms with Crippen LogP contribution in [-0.2, 0) is 19.6 Å². The molecule has 2 amide bonds. The number of hydrogen-bond acceptors (Lipinski definition) is 5. The second-order valence-electron chi connectivity index (χ2n) is 6.75. The standard InChI is InChI=1S/C19H26N2O5S/c1-6-7-8-14(3)16-17(18(22)26-5)20(4)19(23)21(16)27(24,25)15-11-9-13(2)10-12-15/h6-7,9-12,14,16-17H,8H2,1-5H3/b7-6+/t14-,16-,17+/m1/s1. The number of ether oxygens (including phenoxy) is 1. The van der Waals surface area contributed by atoms with Gasteiger partial charge in [0.15, 0.2) is 6.04 Å². The lowest BCUT2D eigenvalue weighted by Crippen LogP contribution is -2.48. The first-order valence-corrected chi connectivity index (χ1v) is 10.2. The van der Waals surface area contributed by atoms with Crippen molar-refractivity contribution in [3.8, 4) is 0 Å². The Labute approximate surface area is 160 Å². The molecule has 0 aromatic heterocycles. The summed E-state index contributed by atoms with van der Waals surface area (Å²) in [7, 11) is -1.47. The van der Waals surface area contributed by atoms with Gasteiger partial charge in [0.25, 0.3) is 10.0 Å². The zero-order valence-electron chi connectivity index (χ0n) is 16.2. The van der Waals surface area contributed by atoms with Gasteiger partial charge in [0.05, 0.1) is 18.0 Å². The minimum Gasteiger partial charge on any atom is -0.467 e. The molecule has 1 fully saturated rings. The van der Waals surface area contributed by atoms with E-state index in [-0.39, 0.29) is 10.8 Å². The van der Waals surface area contributed by atoms with Crippen molar-refractivity contribution in [2.45, 2.75) is 44.2 Å². The molecule has 1 aromatic carbocycles. The van der Waals surface area contributed by atoms with E-state index in [4.69, 9.17) is 4.74 Å². The number of rotatable bonds is 6. The Kier molecular flexibility index (Phi) is 6.30. The van der Waals surface area contributed by atoms with Crippen molar-refractivity contribution in [3.63, 3.8) is 0 Å². The molecule has 0 saturated carbocycles. The van der Waals surface area contributed by atoms with Gasteiger partial charge in [-0.3, -0.25) is 0 Å². The molecule has 1 aliphatic rings. The Morgan fingerprint density at radius 2 is 1.89 bits per heavy atom. The monoisotopic (exact) mass is 394 g/mol. The van der Waals surface area contributed by atoms with Crippen LogP contribution in [0.25, 0.3) is 0 Å². The number of carbonyl (C=O) groups excluding carboxylic acids is 2. The topological polar surface area (TPSA) is 84.0 Å². The highest BCUT2D eigenvalue weighted by atomic mass is 32.2. The van der Waals surface area contributed by atoms with Gasteiger partial charge in [-0.15, -0.1) is 0 Å². The molecule has 8 heteroatoms. The average molecular weight is 394 g/mol. The minimum absolute atomic E-state index is 0.0172. The number of hydrogen-bond donors (Lipinski definition) is 0. The number of allylic oxidation sites excluding steroid dienone is 2. The first kappa shape index (κ1) is 21.0. The third-order valence-electron chi connectivity index (χ3n) is 4.85. The molecule has 148 valence electrons. The second-order valence-corrected chi connectivity index (χ2v) is 8.56. The highest BCUT2D eigenvalue weighted by molar-refractivity contribution is 7.89. The summed E-state index contributed by atoms with van der Waals surface area (Å²) in [4.78, 5) is 26.4. The van der Waals surface area contributed by atoms with Gasteiger partial charge in [0, 0.05) is 7.05 Å². The van der Waals surface area contributed by atoms with Crippen molar-refractivity contribution in [1.82, 2.24) is 9.21 Å². The predicted octanol–water partition coefficient (Wildman–Crippen LogP) is 2.56. The summed E-state index contributed by atoms with van der Waals surface area (Å²) in [6, 6.07) is 3.69. The Bertz CT molecular complexity index is 832. The van der Waals surface area contributed by atoms with E-state index in [1.165, 1.54) is 26.3 Å². The zero-order valence-corrected chi connectivity index (χ0v) is 17.1. The number of esters is 1. The first-order valence-electron chi connectivity index (χ1n) is 8.73. The van der Waals surface area contributed by atoms with Gasteiger partial charge < -0.3 is 9.64 Å². The van der Waals surface area contributed by atoms with Crippen molar-refractivity contribution >= 4 is 22.0 Å². The summed E-state index contributed by atoms with van der Waals surface area (Å²) in [6.07, 6.45) is 4.26. The van der Waals surface area contributed by atoms with E-state index >= 15 is 0 Å². The van der Waals surface area contributed by atoms with Gasteiger partial charge in [-0.05, 0) is 38.3 Å². The van der Waals surface area contributed by atoms with E-state index in [0.717, 1.165) is 14.8 Å². The van der Waals surface area contributed by atoms with Gasteiger partial charge in [-0.2, -0.15) is 0 Å². The van der Waals surface area contributed by atoms with Crippen LogP contribution in [0.3, 0.4) is 0 Å². The van der Waals surface area contributed by atoms with Crippen LogP contribution in [0.1, 0.15) is 25.8 Å². The van der Waals surface area contributed by atoms with Crippen molar-refractivity contribution in [2.75, 3.05) is 14.2 Å². The number of nitrogens with zero attached hydrogens (tertiary/aromatic N) is 2. The third kappa shape index (κ3) is 3.85. The maximum atomic E-state index is 13.3. The number of aryl methyl sites for hydroxylation is 1. The molecule has 1 heterocycles.